The molecule has 2 aromatic rings. The van der Waals surface area contributed by atoms with Gasteiger partial charge in [-0.3, -0.25) is 4.79 Å². The Morgan fingerprint density at radius 1 is 1.22 bits per heavy atom. The maximum Gasteiger partial charge on any atom is 0.251 e. The number of carbonyl (C=O) groups excluding carboxylic acids is 1. The summed E-state index contributed by atoms with van der Waals surface area (Å²) in [4.78, 5) is 14.0. The first-order valence-electron chi connectivity index (χ1n) is 8.12. The fraction of sp³-hybridized carbons (Fsp3) is 0.421. The molecule has 0 spiro atoms. The zero-order valence-corrected chi connectivity index (χ0v) is 13.9. The Morgan fingerprint density at radius 3 is 2.74 bits per heavy atom. The number of amides is 1. The van der Waals surface area contributed by atoms with Crippen LogP contribution < -0.4 is 4.74 Å². The lowest BCUT2D eigenvalue weighted by Gasteiger charge is -2.38. The van der Waals surface area contributed by atoms with Crippen LogP contribution in [0.1, 0.15) is 20.8 Å². The molecule has 1 aliphatic rings. The molecule has 0 aliphatic carbocycles. The second-order valence-electron chi connectivity index (χ2n) is 6.27. The first kappa shape index (κ1) is 15.8. The second-order valence-corrected chi connectivity index (χ2v) is 6.27. The van der Waals surface area contributed by atoms with Gasteiger partial charge in [-0.2, -0.15) is 0 Å². The summed E-state index contributed by atoms with van der Waals surface area (Å²) < 4.78 is 11.8. The highest BCUT2D eigenvalue weighted by Gasteiger charge is 2.33. The Labute approximate surface area is 137 Å². The summed E-state index contributed by atoms with van der Waals surface area (Å²) in [5, 5.41) is 2.25. The zero-order chi connectivity index (χ0) is 16.4. The Morgan fingerprint density at radius 2 is 1.96 bits per heavy atom. The Bertz CT molecular complexity index is 693. The van der Waals surface area contributed by atoms with E-state index in [1.54, 1.807) is 0 Å². The van der Waals surface area contributed by atoms with Gasteiger partial charge in [0.15, 0.2) is 0 Å². The fourth-order valence-corrected chi connectivity index (χ4v) is 2.99. The van der Waals surface area contributed by atoms with E-state index in [2.05, 4.69) is 18.2 Å². The van der Waals surface area contributed by atoms with Crippen LogP contribution in [-0.4, -0.2) is 42.2 Å². The zero-order valence-electron chi connectivity index (χ0n) is 13.9. The predicted molar refractivity (Wildman–Crippen MR) is 90.6 cm³/mol. The third-order valence-electron chi connectivity index (χ3n) is 4.23. The third kappa shape index (κ3) is 3.32. The van der Waals surface area contributed by atoms with Crippen LogP contribution in [0, 0.1) is 0 Å². The van der Waals surface area contributed by atoms with E-state index in [1.165, 1.54) is 0 Å². The van der Waals surface area contributed by atoms with Crippen LogP contribution >= 0.6 is 0 Å². The molecule has 2 atom stereocenters. The minimum absolute atomic E-state index is 0.0569. The number of fused-ring (bicyclic) bond motifs is 1. The number of morpholine rings is 1. The number of carbonyl (C=O) groups is 1. The second kappa shape index (κ2) is 6.59. The van der Waals surface area contributed by atoms with Crippen LogP contribution in [0.4, 0.5) is 0 Å². The largest absolute Gasteiger partial charge is 0.490 e. The summed E-state index contributed by atoms with van der Waals surface area (Å²) in [6, 6.07) is 14.4. The van der Waals surface area contributed by atoms with Crippen LogP contribution in [0.5, 0.6) is 5.75 Å². The molecular formula is C19H23NO3. The molecule has 122 valence electrons. The summed E-state index contributed by atoms with van der Waals surface area (Å²) in [5.74, 6) is 0.911. The molecule has 0 N–H and O–H groups in total. The van der Waals surface area contributed by atoms with Gasteiger partial charge >= 0.3 is 0 Å². The highest BCUT2D eigenvalue weighted by Crippen LogP contribution is 2.26. The fourth-order valence-electron chi connectivity index (χ4n) is 2.99. The molecule has 3 rings (SSSR count). The van der Waals surface area contributed by atoms with Gasteiger partial charge in [0, 0.05) is 11.4 Å². The molecule has 0 bridgehead atoms. The minimum Gasteiger partial charge on any atom is -0.490 e. The van der Waals surface area contributed by atoms with E-state index in [0.29, 0.717) is 13.2 Å². The van der Waals surface area contributed by atoms with E-state index in [1.807, 2.05) is 49.9 Å². The van der Waals surface area contributed by atoms with Crippen molar-refractivity contribution in [2.75, 3.05) is 13.2 Å². The van der Waals surface area contributed by atoms with Crippen LogP contribution in [0.15, 0.2) is 42.5 Å². The van der Waals surface area contributed by atoms with Gasteiger partial charge in [-0.15, -0.1) is 0 Å². The molecule has 1 heterocycles. The van der Waals surface area contributed by atoms with Crippen LogP contribution in [0.3, 0.4) is 0 Å². The molecule has 4 nitrogen and oxygen atoms in total. The first-order valence-corrected chi connectivity index (χ1v) is 8.12. The molecule has 1 amide bonds. The number of nitrogens with zero attached hydrogens (tertiary/aromatic N) is 1. The van der Waals surface area contributed by atoms with E-state index in [9.17, 15) is 4.79 Å². The van der Waals surface area contributed by atoms with Crippen molar-refractivity contribution in [3.05, 3.63) is 42.5 Å². The van der Waals surface area contributed by atoms with Gasteiger partial charge in [0.05, 0.1) is 6.54 Å². The van der Waals surface area contributed by atoms with Gasteiger partial charge in [0.2, 0.25) is 0 Å². The molecular weight excluding hydrogens is 290 g/mol. The third-order valence-corrected chi connectivity index (χ3v) is 4.23. The van der Waals surface area contributed by atoms with Crippen LogP contribution in [0.25, 0.3) is 10.8 Å². The van der Waals surface area contributed by atoms with E-state index in [4.69, 9.17) is 9.47 Å². The molecule has 0 radical (unpaired) electrons. The Kier molecular flexibility index (Phi) is 4.53. The van der Waals surface area contributed by atoms with Gasteiger partial charge in [-0.05, 0) is 32.2 Å². The molecule has 1 saturated heterocycles. The van der Waals surface area contributed by atoms with Crippen molar-refractivity contribution in [1.29, 1.82) is 0 Å². The molecule has 23 heavy (non-hydrogen) atoms. The summed E-state index contributed by atoms with van der Waals surface area (Å²) >= 11 is 0. The maximum absolute atomic E-state index is 12.1. The van der Waals surface area contributed by atoms with Gasteiger partial charge in [-0.1, -0.05) is 36.4 Å². The standard InChI is InChI=1S/C19H23NO3/c1-13(2)20-11-16(23-14(3)19(20)21)12-22-18-10-6-8-15-7-4-5-9-17(15)18/h4-10,13-14,16H,11-12H2,1-3H3. The van der Waals surface area contributed by atoms with Gasteiger partial charge < -0.3 is 14.4 Å². The Balaban J connectivity index is 1.71. The molecule has 0 aromatic heterocycles. The normalized spacial score (nSPS) is 21.9. The van der Waals surface area contributed by atoms with Crippen molar-refractivity contribution in [3.63, 3.8) is 0 Å². The van der Waals surface area contributed by atoms with Crippen molar-refractivity contribution in [2.24, 2.45) is 0 Å². The summed E-state index contributed by atoms with van der Waals surface area (Å²) in [7, 11) is 0. The summed E-state index contributed by atoms with van der Waals surface area (Å²) in [6.07, 6.45) is -0.517. The lowest BCUT2D eigenvalue weighted by atomic mass is 10.1. The predicted octanol–water partition coefficient (Wildman–Crippen LogP) is 3.24. The van der Waals surface area contributed by atoms with Crippen LogP contribution in [-0.2, 0) is 9.53 Å². The lowest BCUT2D eigenvalue weighted by molar-refractivity contribution is -0.165. The molecule has 2 aromatic carbocycles. The molecule has 0 saturated carbocycles. The minimum atomic E-state index is -0.410. The number of rotatable bonds is 4. The molecule has 2 unspecified atom stereocenters. The van der Waals surface area contributed by atoms with Crippen molar-refractivity contribution in [1.82, 2.24) is 4.90 Å². The van der Waals surface area contributed by atoms with Crippen LogP contribution in [0.2, 0.25) is 0 Å². The highest BCUT2D eigenvalue weighted by molar-refractivity contribution is 5.88. The number of hydrogen-bond donors (Lipinski definition) is 0. The van der Waals surface area contributed by atoms with Gasteiger partial charge in [-0.25, -0.2) is 0 Å². The number of ether oxygens (including phenoxy) is 2. The topological polar surface area (TPSA) is 38.8 Å². The monoisotopic (exact) mass is 313 g/mol. The van der Waals surface area contributed by atoms with E-state index in [0.717, 1.165) is 16.5 Å². The van der Waals surface area contributed by atoms with Crippen molar-refractivity contribution < 1.29 is 14.3 Å². The van der Waals surface area contributed by atoms with Crippen molar-refractivity contribution in [3.8, 4) is 5.75 Å². The number of benzene rings is 2. The van der Waals surface area contributed by atoms with Crippen molar-refractivity contribution >= 4 is 16.7 Å². The average Bonchev–Trinajstić information content (AvgIpc) is 2.55. The first-order chi connectivity index (χ1) is 11.1. The van der Waals surface area contributed by atoms with E-state index in [-0.39, 0.29) is 18.1 Å². The summed E-state index contributed by atoms with van der Waals surface area (Å²) in [6.45, 7) is 6.87. The van der Waals surface area contributed by atoms with E-state index < -0.39 is 6.10 Å². The number of hydrogen-bond acceptors (Lipinski definition) is 3. The van der Waals surface area contributed by atoms with E-state index >= 15 is 0 Å². The average molecular weight is 313 g/mol. The summed E-state index contributed by atoms with van der Waals surface area (Å²) in [5.41, 5.74) is 0. The quantitative estimate of drug-likeness (QED) is 0.870. The molecule has 1 fully saturated rings. The lowest BCUT2D eigenvalue weighted by Crippen LogP contribution is -2.54. The smallest absolute Gasteiger partial charge is 0.251 e. The Hall–Kier alpha value is -2.07. The van der Waals surface area contributed by atoms with Gasteiger partial charge in [0.1, 0.15) is 24.6 Å². The van der Waals surface area contributed by atoms with Crippen molar-refractivity contribution in [2.45, 2.75) is 39.0 Å². The SMILES string of the molecule is CC1OC(COc2cccc3ccccc23)CN(C(C)C)C1=O. The maximum atomic E-state index is 12.1. The molecule has 1 aliphatic heterocycles. The van der Waals surface area contributed by atoms with Gasteiger partial charge in [0.25, 0.3) is 5.91 Å². The molecule has 4 heteroatoms. The highest BCUT2D eigenvalue weighted by atomic mass is 16.5.